The summed E-state index contributed by atoms with van der Waals surface area (Å²) in [7, 11) is -3.71. The molecule has 0 spiro atoms. The number of hydrogen-bond donors (Lipinski definition) is 2. The Labute approximate surface area is 190 Å². The van der Waals surface area contributed by atoms with Gasteiger partial charge in [-0.2, -0.15) is 0 Å². The van der Waals surface area contributed by atoms with Crippen molar-refractivity contribution in [2.45, 2.75) is 17.6 Å². The smallest absolute Gasteiger partial charge is 0.375 e. The molecule has 0 unspecified atom stereocenters. The molecule has 172 valence electrons. The number of hydrogen-bond acceptors (Lipinski definition) is 7. The molecule has 0 bridgehead atoms. The highest BCUT2D eigenvalue weighted by molar-refractivity contribution is 7.90. The molecule has 0 saturated carbocycles. The second-order valence-electron chi connectivity index (χ2n) is 6.91. The molecule has 3 rings (SSSR count). The van der Waals surface area contributed by atoms with E-state index in [-0.39, 0.29) is 22.1 Å². The van der Waals surface area contributed by atoms with Crippen LogP contribution in [0.25, 0.3) is 0 Å². The minimum absolute atomic E-state index is 0.111. The SMILES string of the molecule is CCNC(=O)c1cccc(NC(=O)COC(=O)c2occc2CS(=O)(=O)c2ccccc2)c1. The number of sulfone groups is 1. The third-order valence-corrected chi connectivity index (χ3v) is 6.14. The third kappa shape index (κ3) is 6.30. The van der Waals surface area contributed by atoms with Gasteiger partial charge in [0.2, 0.25) is 5.76 Å². The molecular formula is C23H22N2O7S. The fourth-order valence-electron chi connectivity index (χ4n) is 2.94. The number of anilines is 1. The Kier molecular flexibility index (Phi) is 7.62. The van der Waals surface area contributed by atoms with E-state index in [9.17, 15) is 22.8 Å². The average Bonchev–Trinajstić information content (AvgIpc) is 3.26. The summed E-state index contributed by atoms with van der Waals surface area (Å²) in [5.41, 5.74) is 0.845. The van der Waals surface area contributed by atoms with Crippen molar-refractivity contribution in [2.24, 2.45) is 0 Å². The summed E-state index contributed by atoms with van der Waals surface area (Å²) < 4.78 is 35.2. The number of esters is 1. The largest absolute Gasteiger partial charge is 0.457 e. The van der Waals surface area contributed by atoms with E-state index < -0.39 is 34.1 Å². The van der Waals surface area contributed by atoms with E-state index >= 15 is 0 Å². The molecule has 2 aromatic carbocycles. The molecule has 9 nitrogen and oxygen atoms in total. The molecule has 0 fully saturated rings. The maximum atomic E-state index is 12.6. The molecule has 10 heteroatoms. The molecule has 0 saturated heterocycles. The zero-order valence-electron chi connectivity index (χ0n) is 17.7. The normalized spacial score (nSPS) is 10.9. The van der Waals surface area contributed by atoms with E-state index in [4.69, 9.17) is 9.15 Å². The van der Waals surface area contributed by atoms with Gasteiger partial charge >= 0.3 is 5.97 Å². The van der Waals surface area contributed by atoms with Gasteiger partial charge in [-0.1, -0.05) is 24.3 Å². The maximum absolute atomic E-state index is 12.6. The van der Waals surface area contributed by atoms with Gasteiger partial charge in [0, 0.05) is 23.4 Å². The minimum Gasteiger partial charge on any atom is -0.457 e. The predicted molar refractivity (Wildman–Crippen MR) is 119 cm³/mol. The van der Waals surface area contributed by atoms with Crippen LogP contribution in [0.5, 0.6) is 0 Å². The van der Waals surface area contributed by atoms with Crippen molar-refractivity contribution < 1.29 is 32.0 Å². The molecule has 0 radical (unpaired) electrons. The standard InChI is InChI=1S/C23H22N2O7S/c1-2-24-22(27)16-7-6-8-18(13-16)25-20(26)14-32-23(28)21-17(11-12-31-21)15-33(29,30)19-9-4-3-5-10-19/h3-13H,2,14-15H2,1H3,(H,24,27)(H,25,26). The van der Waals surface area contributed by atoms with Crippen molar-refractivity contribution in [1.29, 1.82) is 0 Å². The molecule has 2 amide bonds. The molecule has 0 aliphatic heterocycles. The summed E-state index contributed by atoms with van der Waals surface area (Å²) in [6, 6.07) is 15.5. The summed E-state index contributed by atoms with van der Waals surface area (Å²) >= 11 is 0. The second-order valence-corrected chi connectivity index (χ2v) is 8.90. The van der Waals surface area contributed by atoms with Crippen molar-refractivity contribution in [3.05, 3.63) is 83.8 Å². The van der Waals surface area contributed by atoms with Crippen LogP contribution >= 0.6 is 0 Å². The lowest BCUT2D eigenvalue weighted by molar-refractivity contribution is -0.119. The van der Waals surface area contributed by atoms with Crippen LogP contribution in [0.4, 0.5) is 5.69 Å². The summed E-state index contributed by atoms with van der Waals surface area (Å²) in [5, 5.41) is 5.19. The number of carbonyl (C=O) groups excluding carboxylic acids is 3. The van der Waals surface area contributed by atoms with Crippen molar-refractivity contribution in [2.75, 3.05) is 18.5 Å². The fraction of sp³-hybridized carbons (Fsp3) is 0.174. The van der Waals surface area contributed by atoms with Crippen LogP contribution in [-0.4, -0.2) is 39.4 Å². The Balaban J connectivity index is 1.60. The fourth-order valence-corrected chi connectivity index (χ4v) is 4.31. The number of ether oxygens (including phenoxy) is 1. The van der Waals surface area contributed by atoms with Crippen LogP contribution in [0.2, 0.25) is 0 Å². The first kappa shape index (κ1) is 23.7. The van der Waals surface area contributed by atoms with Gasteiger partial charge < -0.3 is 19.8 Å². The quantitative estimate of drug-likeness (QED) is 0.460. The average molecular weight is 471 g/mol. The van der Waals surface area contributed by atoms with Crippen molar-refractivity contribution >= 4 is 33.3 Å². The topological polar surface area (TPSA) is 132 Å². The van der Waals surface area contributed by atoms with E-state index in [1.165, 1.54) is 30.5 Å². The molecule has 2 N–H and O–H groups in total. The van der Waals surface area contributed by atoms with E-state index in [0.717, 1.165) is 0 Å². The van der Waals surface area contributed by atoms with Gasteiger partial charge in [0.1, 0.15) is 0 Å². The summed E-state index contributed by atoms with van der Waals surface area (Å²) in [5.74, 6) is -2.64. The summed E-state index contributed by atoms with van der Waals surface area (Å²) in [4.78, 5) is 36.6. The van der Waals surface area contributed by atoms with Gasteiger partial charge in [-0.25, -0.2) is 13.2 Å². The summed E-state index contributed by atoms with van der Waals surface area (Å²) in [6.45, 7) is 1.63. The zero-order chi connectivity index (χ0) is 23.8. The Morgan fingerprint density at radius 3 is 2.48 bits per heavy atom. The van der Waals surface area contributed by atoms with Crippen molar-refractivity contribution in [3.8, 4) is 0 Å². The van der Waals surface area contributed by atoms with Crippen LogP contribution in [0.1, 0.15) is 33.4 Å². The van der Waals surface area contributed by atoms with E-state index in [2.05, 4.69) is 10.6 Å². The number of amides is 2. The number of furan rings is 1. The van der Waals surface area contributed by atoms with Crippen LogP contribution in [0.3, 0.4) is 0 Å². The molecule has 1 heterocycles. The molecule has 0 atom stereocenters. The first-order valence-electron chi connectivity index (χ1n) is 9.99. The van der Waals surface area contributed by atoms with Crippen LogP contribution in [0.15, 0.2) is 76.2 Å². The number of nitrogens with one attached hydrogen (secondary N) is 2. The van der Waals surface area contributed by atoms with Gasteiger partial charge in [-0.05, 0) is 43.3 Å². The monoisotopic (exact) mass is 470 g/mol. The van der Waals surface area contributed by atoms with Gasteiger partial charge in [-0.15, -0.1) is 0 Å². The van der Waals surface area contributed by atoms with Crippen molar-refractivity contribution in [1.82, 2.24) is 5.32 Å². The number of benzene rings is 2. The molecular weight excluding hydrogens is 448 g/mol. The Morgan fingerprint density at radius 2 is 1.76 bits per heavy atom. The third-order valence-electron chi connectivity index (χ3n) is 4.46. The van der Waals surface area contributed by atoms with Gasteiger partial charge in [-0.3, -0.25) is 9.59 Å². The Hall–Kier alpha value is -3.92. The van der Waals surface area contributed by atoms with Gasteiger partial charge in [0.05, 0.1) is 16.9 Å². The van der Waals surface area contributed by atoms with Crippen LogP contribution < -0.4 is 10.6 Å². The molecule has 3 aromatic rings. The molecule has 33 heavy (non-hydrogen) atoms. The van der Waals surface area contributed by atoms with Crippen LogP contribution in [0, 0.1) is 0 Å². The first-order valence-corrected chi connectivity index (χ1v) is 11.6. The van der Waals surface area contributed by atoms with E-state index in [1.54, 1.807) is 43.3 Å². The zero-order valence-corrected chi connectivity index (χ0v) is 18.6. The maximum Gasteiger partial charge on any atom is 0.375 e. The molecule has 0 aliphatic carbocycles. The molecule has 1 aromatic heterocycles. The highest BCUT2D eigenvalue weighted by atomic mass is 32.2. The Bertz CT molecular complexity index is 1250. The van der Waals surface area contributed by atoms with Crippen molar-refractivity contribution in [3.63, 3.8) is 0 Å². The van der Waals surface area contributed by atoms with Gasteiger partial charge in [0.15, 0.2) is 16.4 Å². The first-order chi connectivity index (χ1) is 15.8. The lowest BCUT2D eigenvalue weighted by Gasteiger charge is -2.08. The van der Waals surface area contributed by atoms with E-state index in [0.29, 0.717) is 17.8 Å². The lowest BCUT2D eigenvalue weighted by Crippen LogP contribution is -2.23. The minimum atomic E-state index is -3.71. The summed E-state index contributed by atoms with van der Waals surface area (Å²) in [6.07, 6.45) is 1.18. The predicted octanol–water partition coefficient (Wildman–Crippen LogP) is 2.80. The van der Waals surface area contributed by atoms with Gasteiger partial charge in [0.25, 0.3) is 11.8 Å². The second kappa shape index (κ2) is 10.6. The highest BCUT2D eigenvalue weighted by Gasteiger charge is 2.24. The molecule has 0 aliphatic rings. The van der Waals surface area contributed by atoms with Crippen LogP contribution in [-0.2, 0) is 25.1 Å². The number of carbonyl (C=O) groups is 3. The lowest BCUT2D eigenvalue weighted by atomic mass is 10.2. The number of rotatable bonds is 9. The van der Waals surface area contributed by atoms with E-state index in [1.807, 2.05) is 0 Å². The highest BCUT2D eigenvalue weighted by Crippen LogP contribution is 2.20. The Morgan fingerprint density at radius 1 is 1.00 bits per heavy atom.